The van der Waals surface area contributed by atoms with E-state index in [1.54, 1.807) is 0 Å². The van der Waals surface area contributed by atoms with Crippen LogP contribution in [0.25, 0.3) is 0 Å². The maximum atomic E-state index is 12.0. The Kier molecular flexibility index (Phi) is 3.86. The number of benzene rings is 1. The molecule has 1 aromatic carbocycles. The summed E-state index contributed by atoms with van der Waals surface area (Å²) in [5, 5.41) is 0. The number of ether oxygens (including phenoxy) is 1. The van der Waals surface area contributed by atoms with Crippen LogP contribution in [0.1, 0.15) is 25.3 Å². The minimum atomic E-state index is -4.63. The van der Waals surface area contributed by atoms with Crippen LogP contribution in [0.3, 0.4) is 0 Å². The Labute approximate surface area is 99.8 Å². The molecule has 84 valence electrons. The van der Waals surface area contributed by atoms with Crippen molar-refractivity contribution in [2.45, 2.75) is 26.1 Å². The molecule has 1 rings (SSSR count). The van der Waals surface area contributed by atoms with Gasteiger partial charge in [-0.15, -0.1) is 13.2 Å². The number of hydrogen-bond donors (Lipinski definition) is 0. The first-order valence-corrected chi connectivity index (χ1v) is 5.42. The van der Waals surface area contributed by atoms with Gasteiger partial charge in [0.25, 0.3) is 0 Å². The molecule has 0 aliphatic rings. The van der Waals surface area contributed by atoms with E-state index in [9.17, 15) is 13.2 Å². The number of rotatable bonds is 2. The van der Waals surface area contributed by atoms with E-state index in [0.29, 0.717) is 0 Å². The Balaban J connectivity index is 2.99. The molecule has 5 heteroatoms. The van der Waals surface area contributed by atoms with Gasteiger partial charge >= 0.3 is 6.36 Å². The summed E-state index contributed by atoms with van der Waals surface area (Å²) in [6.45, 7) is 3.84. The van der Waals surface area contributed by atoms with E-state index in [4.69, 9.17) is 0 Å². The molecule has 1 aromatic rings. The quantitative estimate of drug-likeness (QED) is 0.734. The monoisotopic (exact) mass is 330 g/mol. The van der Waals surface area contributed by atoms with Gasteiger partial charge in [-0.25, -0.2) is 0 Å². The van der Waals surface area contributed by atoms with Crippen molar-refractivity contribution in [2.75, 3.05) is 0 Å². The molecule has 1 nitrogen and oxygen atoms in total. The minimum absolute atomic E-state index is 0.155. The highest BCUT2D eigenvalue weighted by molar-refractivity contribution is 14.1. The fourth-order valence-electron chi connectivity index (χ4n) is 1.11. The predicted molar refractivity (Wildman–Crippen MR) is 59.9 cm³/mol. The van der Waals surface area contributed by atoms with E-state index in [1.807, 2.05) is 42.5 Å². The van der Waals surface area contributed by atoms with Gasteiger partial charge in [0.15, 0.2) is 0 Å². The fraction of sp³-hybridized carbons (Fsp3) is 0.400. The van der Waals surface area contributed by atoms with Crippen LogP contribution in [0.15, 0.2) is 18.2 Å². The lowest BCUT2D eigenvalue weighted by Gasteiger charge is -2.12. The molecule has 0 radical (unpaired) electrons. The maximum Gasteiger partial charge on any atom is 0.573 e. The second-order valence-corrected chi connectivity index (χ2v) is 4.67. The summed E-state index contributed by atoms with van der Waals surface area (Å²) < 4.78 is 40.5. The van der Waals surface area contributed by atoms with Crippen LogP contribution in [0, 0.1) is 3.57 Å². The second kappa shape index (κ2) is 4.59. The molecular formula is C10H10F3IO. The lowest BCUT2D eigenvalue weighted by atomic mass is 10.0. The molecule has 0 saturated heterocycles. The van der Waals surface area contributed by atoms with Gasteiger partial charge in [0, 0.05) is 3.57 Å². The van der Waals surface area contributed by atoms with Crippen molar-refractivity contribution in [2.24, 2.45) is 0 Å². The molecular weight excluding hydrogens is 320 g/mol. The van der Waals surface area contributed by atoms with Gasteiger partial charge in [-0.05, 0) is 52.3 Å². The molecule has 0 aliphatic heterocycles. The molecule has 0 fully saturated rings. The zero-order valence-corrected chi connectivity index (χ0v) is 10.4. The van der Waals surface area contributed by atoms with E-state index in [1.165, 1.54) is 12.1 Å². The molecule has 0 amide bonds. The van der Waals surface area contributed by atoms with Crippen molar-refractivity contribution < 1.29 is 17.9 Å². The van der Waals surface area contributed by atoms with E-state index >= 15 is 0 Å². The molecule has 0 aliphatic carbocycles. The average molecular weight is 330 g/mol. The Bertz CT molecular complexity index is 347. The molecule has 0 spiro atoms. The van der Waals surface area contributed by atoms with Crippen LogP contribution in [-0.4, -0.2) is 6.36 Å². The molecule has 0 saturated carbocycles. The predicted octanol–water partition coefficient (Wildman–Crippen LogP) is 4.31. The highest BCUT2D eigenvalue weighted by Gasteiger charge is 2.31. The van der Waals surface area contributed by atoms with E-state index in [-0.39, 0.29) is 11.7 Å². The molecule has 0 heterocycles. The zero-order chi connectivity index (χ0) is 11.6. The second-order valence-electron chi connectivity index (χ2n) is 3.42. The molecule has 0 aromatic heterocycles. The molecule has 15 heavy (non-hydrogen) atoms. The first-order chi connectivity index (χ1) is 6.78. The Hall–Kier alpha value is -0.460. The fourth-order valence-corrected chi connectivity index (χ4v) is 1.78. The third-order valence-corrected chi connectivity index (χ3v) is 2.42. The average Bonchev–Trinajstić information content (AvgIpc) is 1.99. The van der Waals surface area contributed by atoms with Crippen molar-refractivity contribution >= 4 is 22.6 Å². The SMILES string of the molecule is CC(C)c1cc(I)cc(OC(F)(F)F)c1. The molecule has 0 unspecified atom stereocenters. The molecule has 0 atom stereocenters. The van der Waals surface area contributed by atoms with Crippen LogP contribution < -0.4 is 4.74 Å². The van der Waals surface area contributed by atoms with Gasteiger partial charge in [0.05, 0.1) is 0 Å². The van der Waals surface area contributed by atoms with E-state index in [0.717, 1.165) is 9.13 Å². The topological polar surface area (TPSA) is 9.23 Å². The summed E-state index contributed by atoms with van der Waals surface area (Å²) >= 11 is 1.97. The summed E-state index contributed by atoms with van der Waals surface area (Å²) in [6, 6.07) is 4.62. The summed E-state index contributed by atoms with van der Waals surface area (Å²) in [5.74, 6) is 0.0217. The van der Waals surface area contributed by atoms with Crippen LogP contribution in [0.2, 0.25) is 0 Å². The largest absolute Gasteiger partial charge is 0.573 e. The van der Waals surface area contributed by atoms with Gasteiger partial charge < -0.3 is 4.74 Å². The van der Waals surface area contributed by atoms with Crippen LogP contribution >= 0.6 is 22.6 Å². The van der Waals surface area contributed by atoms with Crippen LogP contribution in [-0.2, 0) is 0 Å². The van der Waals surface area contributed by atoms with Crippen molar-refractivity contribution in [3.05, 3.63) is 27.3 Å². The summed E-state index contributed by atoms with van der Waals surface area (Å²) in [4.78, 5) is 0. The van der Waals surface area contributed by atoms with Gasteiger partial charge in [-0.1, -0.05) is 13.8 Å². The summed E-state index contributed by atoms with van der Waals surface area (Å²) in [5.41, 5.74) is 0.834. The highest BCUT2D eigenvalue weighted by Crippen LogP contribution is 2.28. The van der Waals surface area contributed by atoms with Gasteiger partial charge in [0.1, 0.15) is 5.75 Å². The molecule has 0 N–H and O–H groups in total. The zero-order valence-electron chi connectivity index (χ0n) is 8.23. The van der Waals surface area contributed by atoms with Crippen molar-refractivity contribution in [3.8, 4) is 5.75 Å². The summed E-state index contributed by atoms with van der Waals surface area (Å²) in [6.07, 6.45) is -4.63. The summed E-state index contributed by atoms with van der Waals surface area (Å²) in [7, 11) is 0. The van der Waals surface area contributed by atoms with Crippen LogP contribution in [0.4, 0.5) is 13.2 Å². The third-order valence-electron chi connectivity index (χ3n) is 1.79. The lowest BCUT2D eigenvalue weighted by molar-refractivity contribution is -0.274. The molecule has 0 bridgehead atoms. The third kappa shape index (κ3) is 4.27. The maximum absolute atomic E-state index is 12.0. The van der Waals surface area contributed by atoms with Gasteiger partial charge in [-0.2, -0.15) is 0 Å². The van der Waals surface area contributed by atoms with E-state index in [2.05, 4.69) is 4.74 Å². The Morgan fingerprint density at radius 3 is 2.27 bits per heavy atom. The number of hydrogen-bond acceptors (Lipinski definition) is 1. The van der Waals surface area contributed by atoms with Gasteiger partial charge in [-0.3, -0.25) is 0 Å². The standard InChI is InChI=1S/C10H10F3IO/c1-6(2)7-3-8(14)5-9(4-7)15-10(11,12)13/h3-6H,1-2H3. The van der Waals surface area contributed by atoms with Crippen molar-refractivity contribution in [1.82, 2.24) is 0 Å². The van der Waals surface area contributed by atoms with Crippen molar-refractivity contribution in [3.63, 3.8) is 0 Å². The van der Waals surface area contributed by atoms with Gasteiger partial charge in [0.2, 0.25) is 0 Å². The lowest BCUT2D eigenvalue weighted by Crippen LogP contribution is -2.17. The smallest absolute Gasteiger partial charge is 0.406 e. The first kappa shape index (κ1) is 12.6. The van der Waals surface area contributed by atoms with E-state index < -0.39 is 6.36 Å². The first-order valence-electron chi connectivity index (χ1n) is 4.34. The van der Waals surface area contributed by atoms with Crippen LogP contribution in [0.5, 0.6) is 5.75 Å². The Morgan fingerprint density at radius 1 is 1.20 bits per heavy atom. The highest BCUT2D eigenvalue weighted by atomic mass is 127. The minimum Gasteiger partial charge on any atom is -0.406 e. The number of alkyl halides is 3. The van der Waals surface area contributed by atoms with Crippen molar-refractivity contribution in [1.29, 1.82) is 0 Å². The normalized spacial score (nSPS) is 11.9. The Morgan fingerprint density at radius 2 is 1.80 bits per heavy atom. The number of halogens is 4.